The third-order valence-corrected chi connectivity index (χ3v) is 3.95. The average Bonchev–Trinajstić information content (AvgIpc) is 3.23. The number of ether oxygens (including phenoxy) is 2. The van der Waals surface area contributed by atoms with Crippen LogP contribution in [0.1, 0.15) is 10.5 Å². The van der Waals surface area contributed by atoms with Gasteiger partial charge >= 0.3 is 0 Å². The van der Waals surface area contributed by atoms with E-state index in [1.807, 2.05) is 0 Å². The van der Waals surface area contributed by atoms with Gasteiger partial charge in [0.2, 0.25) is 5.13 Å². The van der Waals surface area contributed by atoms with Crippen molar-refractivity contribution in [3.05, 3.63) is 35.4 Å². The summed E-state index contributed by atoms with van der Waals surface area (Å²) in [4.78, 5) is 16.4. The van der Waals surface area contributed by atoms with Crippen LogP contribution >= 0.6 is 22.9 Å². The Morgan fingerprint density at radius 1 is 1.33 bits per heavy atom. The van der Waals surface area contributed by atoms with Gasteiger partial charge in [0, 0.05) is 6.07 Å². The normalized spacial score (nSPS) is 10.5. The van der Waals surface area contributed by atoms with Crippen molar-refractivity contribution in [2.24, 2.45) is 0 Å². The van der Waals surface area contributed by atoms with Gasteiger partial charge < -0.3 is 9.47 Å². The van der Waals surface area contributed by atoms with Gasteiger partial charge in [-0.05, 0) is 17.4 Å². The summed E-state index contributed by atoms with van der Waals surface area (Å²) in [7, 11) is 2.96. The quantitative estimate of drug-likeness (QED) is 0.689. The monoisotopic (exact) mass is 366 g/mol. The second kappa shape index (κ2) is 6.81. The SMILES string of the molecule is COc1nnc(NC(=O)c2ccnn2-c2cc(Cl)ncc2OC)s1. The maximum absolute atomic E-state index is 12.5. The van der Waals surface area contributed by atoms with E-state index in [9.17, 15) is 4.79 Å². The first-order chi connectivity index (χ1) is 11.6. The smallest absolute Gasteiger partial charge is 0.295 e. The van der Waals surface area contributed by atoms with E-state index in [2.05, 4.69) is 25.6 Å². The molecule has 0 atom stereocenters. The Balaban J connectivity index is 1.92. The number of anilines is 1. The fraction of sp³-hybridized carbons (Fsp3) is 0.154. The molecule has 0 aromatic carbocycles. The molecule has 0 aliphatic carbocycles. The maximum Gasteiger partial charge on any atom is 0.295 e. The number of aromatic nitrogens is 5. The predicted octanol–water partition coefficient (Wildman–Crippen LogP) is 2.04. The zero-order valence-electron chi connectivity index (χ0n) is 12.6. The average molecular weight is 367 g/mol. The number of hydrogen-bond acceptors (Lipinski definition) is 8. The number of pyridine rings is 1. The molecule has 9 nitrogen and oxygen atoms in total. The second-order valence-corrected chi connectivity index (χ2v) is 5.67. The molecule has 1 amide bonds. The molecule has 11 heteroatoms. The molecule has 0 aliphatic rings. The van der Waals surface area contributed by atoms with Crippen LogP contribution in [0.2, 0.25) is 5.15 Å². The number of methoxy groups -OCH3 is 2. The van der Waals surface area contributed by atoms with E-state index in [1.165, 1.54) is 31.3 Å². The summed E-state index contributed by atoms with van der Waals surface area (Å²) in [5.74, 6) is 0.0102. The van der Waals surface area contributed by atoms with Gasteiger partial charge in [-0.15, -0.1) is 5.10 Å². The summed E-state index contributed by atoms with van der Waals surface area (Å²) >= 11 is 7.04. The van der Waals surface area contributed by atoms with Gasteiger partial charge in [0.15, 0.2) is 5.75 Å². The number of rotatable bonds is 5. The molecule has 3 heterocycles. The Morgan fingerprint density at radius 2 is 2.17 bits per heavy atom. The van der Waals surface area contributed by atoms with E-state index in [0.717, 1.165) is 11.3 Å². The minimum atomic E-state index is -0.415. The topological polar surface area (TPSA) is 104 Å². The summed E-state index contributed by atoms with van der Waals surface area (Å²) in [5, 5.41) is 15.3. The fourth-order valence-corrected chi connectivity index (χ4v) is 2.61. The van der Waals surface area contributed by atoms with Crippen LogP contribution in [-0.2, 0) is 0 Å². The molecule has 0 saturated carbocycles. The highest BCUT2D eigenvalue weighted by Crippen LogP contribution is 2.26. The predicted molar refractivity (Wildman–Crippen MR) is 87.3 cm³/mol. The molecule has 0 fully saturated rings. The zero-order chi connectivity index (χ0) is 17.1. The molecule has 3 aromatic rings. The highest BCUT2D eigenvalue weighted by Gasteiger charge is 2.18. The van der Waals surface area contributed by atoms with E-state index in [-0.39, 0.29) is 10.8 Å². The molecule has 0 unspecified atom stereocenters. The minimum Gasteiger partial charge on any atom is -0.493 e. The molecular weight excluding hydrogens is 356 g/mol. The van der Waals surface area contributed by atoms with Gasteiger partial charge in [-0.25, -0.2) is 9.67 Å². The second-order valence-electron chi connectivity index (χ2n) is 4.34. The molecule has 0 radical (unpaired) electrons. The molecule has 24 heavy (non-hydrogen) atoms. The van der Waals surface area contributed by atoms with Gasteiger partial charge in [0.25, 0.3) is 11.1 Å². The lowest BCUT2D eigenvalue weighted by Crippen LogP contribution is -2.17. The fourth-order valence-electron chi connectivity index (χ4n) is 1.90. The number of halogens is 1. The third-order valence-electron chi connectivity index (χ3n) is 2.94. The van der Waals surface area contributed by atoms with Crippen molar-refractivity contribution < 1.29 is 14.3 Å². The molecular formula is C13H11ClN6O3S. The van der Waals surface area contributed by atoms with Crippen molar-refractivity contribution in [3.8, 4) is 16.6 Å². The molecule has 1 N–H and O–H groups in total. The van der Waals surface area contributed by atoms with Crippen molar-refractivity contribution in [2.45, 2.75) is 0 Å². The molecule has 0 aliphatic heterocycles. The standard InChI is InChI=1S/C13H11ClN6O3S/c1-22-9-6-15-10(14)5-8(9)20-7(3-4-16-20)11(21)17-12-18-19-13(23-2)24-12/h3-6H,1-2H3,(H,17,18,21). The lowest BCUT2D eigenvalue weighted by atomic mass is 10.3. The van der Waals surface area contributed by atoms with Gasteiger partial charge in [-0.1, -0.05) is 16.7 Å². The van der Waals surface area contributed by atoms with Crippen molar-refractivity contribution in [1.82, 2.24) is 25.0 Å². The summed E-state index contributed by atoms with van der Waals surface area (Å²) in [6.07, 6.45) is 2.94. The molecule has 0 saturated heterocycles. The minimum absolute atomic E-state index is 0.251. The Morgan fingerprint density at radius 3 is 2.88 bits per heavy atom. The number of nitrogens with zero attached hydrogens (tertiary/aromatic N) is 5. The van der Waals surface area contributed by atoms with Gasteiger partial charge in [0.05, 0.1) is 26.6 Å². The van der Waals surface area contributed by atoms with Crippen molar-refractivity contribution >= 4 is 34.0 Å². The molecule has 124 valence electrons. The van der Waals surface area contributed by atoms with Crippen LogP contribution in [0, 0.1) is 0 Å². The Bertz CT molecular complexity index is 880. The van der Waals surface area contributed by atoms with Crippen molar-refractivity contribution in [2.75, 3.05) is 19.5 Å². The van der Waals surface area contributed by atoms with E-state index in [4.69, 9.17) is 21.1 Å². The first-order valence-corrected chi connectivity index (χ1v) is 7.74. The molecule has 0 bridgehead atoms. The lowest BCUT2D eigenvalue weighted by molar-refractivity contribution is 0.101. The zero-order valence-corrected chi connectivity index (χ0v) is 14.1. The van der Waals surface area contributed by atoms with Gasteiger partial charge in [-0.2, -0.15) is 5.10 Å². The van der Waals surface area contributed by atoms with E-state index in [1.54, 1.807) is 12.1 Å². The highest BCUT2D eigenvalue weighted by molar-refractivity contribution is 7.17. The maximum atomic E-state index is 12.5. The summed E-state index contributed by atoms with van der Waals surface area (Å²) in [5.41, 5.74) is 0.757. The molecule has 3 aromatic heterocycles. The molecule has 0 spiro atoms. The van der Waals surface area contributed by atoms with Crippen molar-refractivity contribution in [3.63, 3.8) is 0 Å². The van der Waals surface area contributed by atoms with E-state index < -0.39 is 5.91 Å². The summed E-state index contributed by atoms with van der Waals surface area (Å²) in [6.45, 7) is 0. The van der Waals surface area contributed by atoms with Crippen LogP contribution in [0.15, 0.2) is 24.5 Å². The van der Waals surface area contributed by atoms with Gasteiger partial charge in [-0.3, -0.25) is 10.1 Å². The first kappa shape index (κ1) is 16.1. The number of nitrogens with one attached hydrogen (secondary N) is 1. The van der Waals surface area contributed by atoms with Crippen LogP contribution in [-0.4, -0.2) is 45.1 Å². The number of amides is 1. The van der Waals surface area contributed by atoms with Gasteiger partial charge in [0.1, 0.15) is 16.5 Å². The van der Waals surface area contributed by atoms with Crippen LogP contribution in [0.5, 0.6) is 10.9 Å². The summed E-state index contributed by atoms with van der Waals surface area (Å²) < 4.78 is 11.6. The number of carbonyl (C=O) groups is 1. The first-order valence-electron chi connectivity index (χ1n) is 6.55. The van der Waals surface area contributed by atoms with Crippen LogP contribution in [0.4, 0.5) is 5.13 Å². The Kier molecular flexibility index (Phi) is 4.58. The van der Waals surface area contributed by atoms with Crippen LogP contribution in [0.3, 0.4) is 0 Å². The van der Waals surface area contributed by atoms with Crippen LogP contribution in [0.25, 0.3) is 5.69 Å². The van der Waals surface area contributed by atoms with E-state index >= 15 is 0 Å². The Hall–Kier alpha value is -2.72. The summed E-state index contributed by atoms with van der Waals surface area (Å²) in [6, 6.07) is 3.11. The lowest BCUT2D eigenvalue weighted by Gasteiger charge is -2.11. The number of carbonyl (C=O) groups excluding carboxylic acids is 1. The van der Waals surface area contributed by atoms with E-state index in [0.29, 0.717) is 21.8 Å². The van der Waals surface area contributed by atoms with Crippen molar-refractivity contribution in [1.29, 1.82) is 0 Å². The van der Waals surface area contributed by atoms with Crippen LogP contribution < -0.4 is 14.8 Å². The number of hydrogen-bond donors (Lipinski definition) is 1. The third kappa shape index (κ3) is 3.14. The molecule has 3 rings (SSSR count). The highest BCUT2D eigenvalue weighted by atomic mass is 35.5. The largest absolute Gasteiger partial charge is 0.493 e. The Labute approximate surface area is 145 Å².